The number of hydrogen-bond donors (Lipinski definition) is 0. The van der Waals surface area contributed by atoms with Gasteiger partial charge in [0, 0.05) is 14.9 Å². The van der Waals surface area contributed by atoms with E-state index in [1.54, 1.807) is 7.17 Å². The Hall–Kier alpha value is 0.260. The number of rotatable bonds is 3. The molecule has 0 aromatic rings. The molecule has 0 aliphatic heterocycles. The van der Waals surface area contributed by atoms with Gasteiger partial charge >= 0.3 is 0 Å². The lowest BCUT2D eigenvalue weighted by Crippen LogP contribution is -1.95. The molecular weight excluding hydrogens is 67.3 g/mol. The van der Waals surface area contributed by atoms with Crippen molar-refractivity contribution in [2.24, 2.45) is 0 Å². The van der Waals surface area contributed by atoms with Gasteiger partial charge < -0.3 is 0 Å². The van der Waals surface area contributed by atoms with Gasteiger partial charge in [0.2, 0.25) is 0 Å². The fraction of sp³-hybridized carbons (Fsp3) is 1.00. The summed E-state index contributed by atoms with van der Waals surface area (Å²) in [7, 11) is 13.6. The second-order valence-electron chi connectivity index (χ2n) is 0.996. The highest BCUT2D eigenvalue weighted by Crippen LogP contribution is 1.72. The summed E-state index contributed by atoms with van der Waals surface area (Å²) >= 11 is 0. The van der Waals surface area contributed by atoms with Gasteiger partial charge in [0.05, 0.1) is 15.1 Å². The van der Waals surface area contributed by atoms with Gasteiger partial charge in [-0.15, -0.1) is 12.4 Å². The summed E-state index contributed by atoms with van der Waals surface area (Å²) in [5.74, 6) is 0. The minimum atomic E-state index is 0.619. The minimum absolute atomic E-state index is 0.619. The van der Waals surface area contributed by atoms with Crippen molar-refractivity contribution in [3.05, 3.63) is 0 Å². The first-order valence-corrected chi connectivity index (χ1v) is 1.97. The van der Waals surface area contributed by atoms with Crippen LogP contribution in [0.2, 0.25) is 12.4 Å². The topological polar surface area (TPSA) is 0 Å². The van der Waals surface area contributed by atoms with Crippen molar-refractivity contribution in [3.63, 3.8) is 0 Å². The zero-order valence-corrected chi connectivity index (χ0v) is 3.72. The van der Waals surface area contributed by atoms with E-state index >= 15 is 0 Å². The molecule has 0 atom stereocenters. The van der Waals surface area contributed by atoms with Gasteiger partial charge in [-0.2, -0.15) is 0 Å². The molecule has 0 aliphatic carbocycles. The Morgan fingerprint density at radius 2 is 2.17 bits per heavy atom. The lowest BCUT2D eigenvalue weighted by Gasteiger charge is -1.82. The summed E-state index contributed by atoms with van der Waals surface area (Å²) < 4.78 is 0. The van der Waals surface area contributed by atoms with E-state index in [1.165, 1.54) is 0 Å². The molecule has 24 valence electrons. The Morgan fingerprint density at radius 3 is 2.33 bits per heavy atom. The molecule has 0 N–H and O–H groups in total. The third-order valence-electron chi connectivity index (χ3n) is 0.469. The Labute approximate surface area is 43.4 Å². The molecule has 4 heteroatoms. The highest BCUT2D eigenvalue weighted by Gasteiger charge is 1.79. The van der Waals surface area contributed by atoms with Crippen LogP contribution in [0.3, 0.4) is 0 Å². The van der Waals surface area contributed by atoms with Crippen molar-refractivity contribution < 1.29 is 0 Å². The molecule has 0 heterocycles. The molecular formula is C2H4B4. The van der Waals surface area contributed by atoms with Crippen molar-refractivity contribution in [1.29, 1.82) is 0 Å². The Balaban J connectivity index is 2.34. The van der Waals surface area contributed by atoms with Crippen LogP contribution in [-0.4, -0.2) is 30.0 Å². The second kappa shape index (κ2) is 5.26. The monoisotopic (exact) mass is 72.1 g/mol. The van der Waals surface area contributed by atoms with Crippen molar-refractivity contribution in [2.45, 2.75) is 12.4 Å². The predicted octanol–water partition coefficient (Wildman–Crippen LogP) is -0.602. The fourth-order valence-electron chi connectivity index (χ4n) is 0.192. The summed E-state index contributed by atoms with van der Waals surface area (Å²) in [6, 6.07) is 0. The van der Waals surface area contributed by atoms with Gasteiger partial charge in [0.15, 0.2) is 0 Å². The molecule has 0 saturated carbocycles. The van der Waals surface area contributed by atoms with Crippen LogP contribution in [0.1, 0.15) is 0 Å². The van der Waals surface area contributed by atoms with Gasteiger partial charge in [-0.1, -0.05) is 0 Å². The quantitative estimate of drug-likeness (QED) is 0.308. The van der Waals surface area contributed by atoms with E-state index in [0.717, 1.165) is 6.22 Å². The van der Waals surface area contributed by atoms with E-state index in [-0.39, 0.29) is 0 Å². The van der Waals surface area contributed by atoms with Gasteiger partial charge in [-0.3, -0.25) is 0 Å². The molecule has 0 spiro atoms. The summed E-state index contributed by atoms with van der Waals surface area (Å²) in [6.07, 6.45) is 1.43. The van der Waals surface area contributed by atoms with Gasteiger partial charge in [0.1, 0.15) is 0 Å². The summed E-state index contributed by atoms with van der Waals surface area (Å²) in [5, 5.41) is 0. The highest BCUT2D eigenvalue weighted by molar-refractivity contribution is 6.93. The van der Waals surface area contributed by atoms with E-state index in [1.807, 2.05) is 7.28 Å². The van der Waals surface area contributed by atoms with Crippen LogP contribution < -0.4 is 0 Å². The largest absolute Gasteiger partial charge is 0.115 e. The molecule has 0 fully saturated rings. The first-order valence-electron chi connectivity index (χ1n) is 1.97. The maximum atomic E-state index is 5.08. The Kier molecular flexibility index (Phi) is 5.49. The van der Waals surface area contributed by atoms with E-state index in [4.69, 9.17) is 15.6 Å². The molecule has 0 bridgehead atoms. The molecule has 0 amide bonds. The van der Waals surface area contributed by atoms with Crippen molar-refractivity contribution in [3.8, 4) is 0 Å². The van der Waals surface area contributed by atoms with Crippen LogP contribution >= 0.6 is 0 Å². The number of hydrogen-bond acceptors (Lipinski definition) is 0. The van der Waals surface area contributed by atoms with Crippen LogP contribution in [0.25, 0.3) is 0 Å². The van der Waals surface area contributed by atoms with E-state index in [2.05, 4.69) is 0 Å². The van der Waals surface area contributed by atoms with Crippen molar-refractivity contribution in [1.82, 2.24) is 0 Å². The van der Waals surface area contributed by atoms with Crippen LogP contribution in [0.15, 0.2) is 0 Å². The maximum Gasteiger partial charge on any atom is 0.0900 e. The van der Waals surface area contributed by atoms with Crippen LogP contribution in [0, 0.1) is 0 Å². The standard InChI is InChI=1S/C2H4B4/c3-1-5-2-6-4/h1-2H2. The SMILES string of the molecule is [B][B]C[B]C[B]. The Bertz CT molecular complexity index is 17.5. The third kappa shape index (κ3) is 4.26. The smallest absolute Gasteiger partial charge is 0.0900 e. The molecule has 6 heavy (non-hydrogen) atoms. The first-order chi connectivity index (χ1) is 2.91. The molecule has 0 rings (SSSR count). The van der Waals surface area contributed by atoms with Crippen LogP contribution in [-0.2, 0) is 0 Å². The zero-order valence-electron chi connectivity index (χ0n) is 3.72. The predicted molar refractivity (Wildman–Crippen MR) is 32.6 cm³/mol. The summed E-state index contributed by atoms with van der Waals surface area (Å²) in [4.78, 5) is 0. The maximum absolute atomic E-state index is 5.08. The molecule has 0 aromatic carbocycles. The van der Waals surface area contributed by atoms with Gasteiger partial charge in [-0.25, -0.2) is 0 Å². The van der Waals surface area contributed by atoms with Crippen LogP contribution in [0.4, 0.5) is 0 Å². The fourth-order valence-corrected chi connectivity index (χ4v) is 0.192. The van der Waals surface area contributed by atoms with E-state index in [0.29, 0.717) is 6.22 Å². The average Bonchev–Trinajstić information content (AvgIpc) is 1.61. The van der Waals surface area contributed by atoms with Crippen molar-refractivity contribution in [2.75, 3.05) is 0 Å². The van der Waals surface area contributed by atoms with E-state index in [9.17, 15) is 0 Å². The molecule has 0 aliphatic rings. The van der Waals surface area contributed by atoms with Gasteiger partial charge in [0.25, 0.3) is 0 Å². The minimum Gasteiger partial charge on any atom is -0.115 e. The summed E-state index contributed by atoms with van der Waals surface area (Å²) in [6.45, 7) is 0. The highest BCUT2D eigenvalue weighted by atomic mass is 13.3. The molecule has 0 saturated heterocycles. The lowest BCUT2D eigenvalue weighted by molar-refractivity contribution is 1.90. The average molecular weight is 71.3 g/mol. The third-order valence-corrected chi connectivity index (χ3v) is 0.469. The lowest BCUT2D eigenvalue weighted by atomic mass is 9.41. The normalized spacial score (nSPS) is 7.33. The van der Waals surface area contributed by atoms with Crippen LogP contribution in [0.5, 0.6) is 0 Å². The van der Waals surface area contributed by atoms with E-state index < -0.39 is 0 Å². The first kappa shape index (κ1) is 6.26. The molecule has 0 aromatic heterocycles. The molecule has 0 unspecified atom stereocenters. The Morgan fingerprint density at radius 1 is 1.50 bits per heavy atom. The molecule has 0 nitrogen and oxygen atoms in total. The zero-order chi connectivity index (χ0) is 4.83. The second-order valence-corrected chi connectivity index (χ2v) is 0.996. The molecule has 6 radical (unpaired) electrons. The van der Waals surface area contributed by atoms with Gasteiger partial charge in [-0.05, 0) is 0 Å². The van der Waals surface area contributed by atoms with Crippen molar-refractivity contribution >= 4 is 30.0 Å². The summed E-state index contributed by atoms with van der Waals surface area (Å²) in [5.41, 5.74) is 0.